The average molecular weight is 229 g/mol. The number of carbonyl (C=O) groups excluding carboxylic acids is 1. The minimum absolute atomic E-state index is 0.102. The summed E-state index contributed by atoms with van der Waals surface area (Å²) in [5.41, 5.74) is 5.97. The maximum absolute atomic E-state index is 11.4. The van der Waals surface area contributed by atoms with E-state index >= 15 is 0 Å². The van der Waals surface area contributed by atoms with Gasteiger partial charge >= 0.3 is 0 Å². The molecule has 3 nitrogen and oxygen atoms in total. The monoisotopic (exact) mass is 228 g/mol. The van der Waals surface area contributed by atoms with Crippen LogP contribution in [0.4, 0.5) is 0 Å². The van der Waals surface area contributed by atoms with Crippen LogP contribution in [0.1, 0.15) is 17.3 Å². The summed E-state index contributed by atoms with van der Waals surface area (Å²) in [7, 11) is 0. The van der Waals surface area contributed by atoms with Gasteiger partial charge in [0.2, 0.25) is 0 Å². The summed E-state index contributed by atoms with van der Waals surface area (Å²) in [5, 5.41) is 0. The number of halogens is 1. The largest absolute Gasteiger partial charge is 0.321 e. The molecule has 0 bridgehead atoms. The zero-order valence-corrected chi connectivity index (χ0v) is 8.21. The van der Waals surface area contributed by atoms with Gasteiger partial charge in [0, 0.05) is 6.20 Å². The Bertz CT molecular complexity index is 299. The minimum atomic E-state index is -0.481. The summed E-state index contributed by atoms with van der Waals surface area (Å²) in [6, 6.07) is 2.92. The second-order valence-corrected chi connectivity index (χ2v) is 3.25. The first kappa shape index (κ1) is 9.35. The third-order valence-corrected chi connectivity index (χ3v) is 2.07. The molecule has 0 spiro atoms. The van der Waals surface area contributed by atoms with Crippen molar-refractivity contribution in [1.82, 2.24) is 4.98 Å². The van der Waals surface area contributed by atoms with Gasteiger partial charge in [0.05, 0.1) is 11.6 Å². The number of ketones is 1. The molecule has 2 N–H and O–H groups in total. The van der Waals surface area contributed by atoms with Gasteiger partial charge in [-0.3, -0.25) is 4.79 Å². The van der Waals surface area contributed by atoms with E-state index in [0.29, 0.717) is 10.2 Å². The normalized spacial score (nSPS) is 12.6. The van der Waals surface area contributed by atoms with E-state index in [9.17, 15) is 4.79 Å². The van der Waals surface area contributed by atoms with Gasteiger partial charge in [0.1, 0.15) is 4.60 Å². The number of nitrogens with two attached hydrogens (primary N) is 1. The van der Waals surface area contributed by atoms with E-state index < -0.39 is 6.04 Å². The van der Waals surface area contributed by atoms with Gasteiger partial charge in [0.25, 0.3) is 0 Å². The van der Waals surface area contributed by atoms with E-state index in [1.165, 1.54) is 0 Å². The van der Waals surface area contributed by atoms with Gasteiger partial charge in [-0.25, -0.2) is 4.98 Å². The lowest BCUT2D eigenvalue weighted by Crippen LogP contribution is -2.27. The summed E-state index contributed by atoms with van der Waals surface area (Å²) in [4.78, 5) is 15.3. The molecule has 0 aromatic carbocycles. The Morgan fingerprint density at radius 2 is 2.42 bits per heavy atom. The molecule has 0 fully saturated rings. The average Bonchev–Trinajstić information content (AvgIpc) is 2.04. The van der Waals surface area contributed by atoms with E-state index in [2.05, 4.69) is 20.9 Å². The molecule has 1 atom stereocenters. The molecule has 0 aliphatic rings. The Morgan fingerprint density at radius 3 is 2.92 bits per heavy atom. The second-order valence-electron chi connectivity index (χ2n) is 2.49. The van der Waals surface area contributed by atoms with E-state index in [-0.39, 0.29) is 5.78 Å². The van der Waals surface area contributed by atoms with Crippen molar-refractivity contribution in [1.29, 1.82) is 0 Å². The molecule has 1 heterocycles. The van der Waals surface area contributed by atoms with Gasteiger partial charge < -0.3 is 5.73 Å². The topological polar surface area (TPSA) is 56.0 Å². The molecule has 0 amide bonds. The summed E-state index contributed by atoms with van der Waals surface area (Å²) in [6.07, 6.45) is 1.61. The van der Waals surface area contributed by atoms with Gasteiger partial charge in [-0.15, -0.1) is 0 Å². The lowest BCUT2D eigenvalue weighted by molar-refractivity contribution is 0.0967. The van der Waals surface area contributed by atoms with Crippen LogP contribution in [0.3, 0.4) is 0 Å². The highest BCUT2D eigenvalue weighted by Crippen LogP contribution is 2.13. The maximum Gasteiger partial charge on any atom is 0.181 e. The van der Waals surface area contributed by atoms with Crippen LogP contribution < -0.4 is 5.73 Å². The fourth-order valence-corrected chi connectivity index (χ4v) is 1.26. The highest BCUT2D eigenvalue weighted by molar-refractivity contribution is 9.10. The van der Waals surface area contributed by atoms with Crippen LogP contribution in [-0.2, 0) is 0 Å². The number of Topliss-reactive ketones (excluding diaryl/α,β-unsaturated/α-hetero) is 1. The summed E-state index contributed by atoms with van der Waals surface area (Å²) < 4.78 is 0.548. The standard InChI is InChI=1S/C8H9BrN2O/c1-5(10)7(12)6-3-2-4-11-8(6)9/h2-5H,10H2,1H3. The van der Waals surface area contributed by atoms with Crippen LogP contribution in [-0.4, -0.2) is 16.8 Å². The first-order valence-electron chi connectivity index (χ1n) is 3.53. The van der Waals surface area contributed by atoms with Gasteiger partial charge in [-0.2, -0.15) is 0 Å². The van der Waals surface area contributed by atoms with Gasteiger partial charge in [-0.05, 0) is 35.0 Å². The molecule has 0 saturated carbocycles. The summed E-state index contributed by atoms with van der Waals surface area (Å²) >= 11 is 3.18. The Hall–Kier alpha value is -0.740. The summed E-state index contributed by atoms with van der Waals surface area (Å²) in [5.74, 6) is -0.102. The van der Waals surface area contributed by atoms with Crippen molar-refractivity contribution in [2.75, 3.05) is 0 Å². The van der Waals surface area contributed by atoms with Crippen LogP contribution in [0, 0.1) is 0 Å². The second kappa shape index (κ2) is 3.78. The first-order chi connectivity index (χ1) is 5.63. The zero-order valence-electron chi connectivity index (χ0n) is 6.62. The molecule has 64 valence electrons. The van der Waals surface area contributed by atoms with Crippen molar-refractivity contribution in [3.63, 3.8) is 0 Å². The Labute approximate surface area is 79.1 Å². The van der Waals surface area contributed by atoms with Crippen molar-refractivity contribution in [3.8, 4) is 0 Å². The van der Waals surface area contributed by atoms with Crippen LogP contribution in [0.2, 0.25) is 0 Å². The third kappa shape index (κ3) is 1.89. The van der Waals surface area contributed by atoms with Crippen molar-refractivity contribution in [3.05, 3.63) is 28.5 Å². The van der Waals surface area contributed by atoms with Crippen molar-refractivity contribution >= 4 is 21.7 Å². The molecule has 1 aromatic rings. The van der Waals surface area contributed by atoms with Crippen molar-refractivity contribution in [2.45, 2.75) is 13.0 Å². The SMILES string of the molecule is CC(N)C(=O)c1cccnc1Br. The number of nitrogens with zero attached hydrogens (tertiary/aromatic N) is 1. The Kier molecular flexibility index (Phi) is 2.94. The predicted molar refractivity (Wildman–Crippen MR) is 49.9 cm³/mol. The lowest BCUT2D eigenvalue weighted by atomic mass is 10.1. The van der Waals surface area contributed by atoms with Gasteiger partial charge in [0.15, 0.2) is 5.78 Å². The zero-order chi connectivity index (χ0) is 9.14. The molecule has 4 heteroatoms. The molecule has 1 unspecified atom stereocenters. The van der Waals surface area contributed by atoms with Crippen LogP contribution in [0.15, 0.2) is 22.9 Å². The van der Waals surface area contributed by atoms with E-state index in [1.807, 2.05) is 0 Å². The van der Waals surface area contributed by atoms with Crippen LogP contribution in [0.5, 0.6) is 0 Å². The third-order valence-electron chi connectivity index (χ3n) is 1.44. The van der Waals surface area contributed by atoms with E-state index in [0.717, 1.165) is 0 Å². The maximum atomic E-state index is 11.4. The highest BCUT2D eigenvalue weighted by Gasteiger charge is 2.13. The Balaban J connectivity index is 3.03. The van der Waals surface area contributed by atoms with Crippen molar-refractivity contribution < 1.29 is 4.79 Å². The van der Waals surface area contributed by atoms with E-state index in [1.54, 1.807) is 25.3 Å². The van der Waals surface area contributed by atoms with Crippen LogP contribution in [0.25, 0.3) is 0 Å². The molecule has 0 aliphatic heterocycles. The highest BCUT2D eigenvalue weighted by atomic mass is 79.9. The molecular weight excluding hydrogens is 220 g/mol. The van der Waals surface area contributed by atoms with Gasteiger partial charge in [-0.1, -0.05) is 0 Å². The number of rotatable bonds is 2. The van der Waals surface area contributed by atoms with Crippen LogP contribution >= 0.6 is 15.9 Å². The molecule has 0 radical (unpaired) electrons. The quantitative estimate of drug-likeness (QED) is 0.615. The molecular formula is C8H9BrN2O. The predicted octanol–water partition coefficient (Wildman–Crippen LogP) is 1.37. The Morgan fingerprint density at radius 1 is 1.75 bits per heavy atom. The first-order valence-corrected chi connectivity index (χ1v) is 4.32. The lowest BCUT2D eigenvalue weighted by Gasteiger charge is -2.04. The summed E-state index contributed by atoms with van der Waals surface area (Å²) in [6.45, 7) is 1.65. The van der Waals surface area contributed by atoms with E-state index in [4.69, 9.17) is 5.73 Å². The molecule has 12 heavy (non-hydrogen) atoms. The fourth-order valence-electron chi connectivity index (χ4n) is 0.815. The minimum Gasteiger partial charge on any atom is -0.321 e. The number of hydrogen-bond donors (Lipinski definition) is 1. The fraction of sp³-hybridized carbons (Fsp3) is 0.250. The molecule has 0 saturated heterocycles. The number of aromatic nitrogens is 1. The molecule has 0 aliphatic carbocycles. The smallest absolute Gasteiger partial charge is 0.181 e. The number of carbonyl (C=O) groups is 1. The number of hydrogen-bond acceptors (Lipinski definition) is 3. The van der Waals surface area contributed by atoms with Crippen molar-refractivity contribution in [2.24, 2.45) is 5.73 Å². The molecule has 1 rings (SSSR count). The molecule has 1 aromatic heterocycles. The number of pyridine rings is 1.